The van der Waals surface area contributed by atoms with Crippen LogP contribution in [0.5, 0.6) is 0 Å². The van der Waals surface area contributed by atoms with Gasteiger partial charge in [-0.05, 0) is 62.6 Å². The number of halogens is 1. The van der Waals surface area contributed by atoms with Gasteiger partial charge in [0.2, 0.25) is 11.8 Å². The summed E-state index contributed by atoms with van der Waals surface area (Å²) in [5, 5.41) is 3.21. The van der Waals surface area contributed by atoms with Gasteiger partial charge in [-0.25, -0.2) is 8.42 Å². The van der Waals surface area contributed by atoms with Crippen molar-refractivity contribution in [3.63, 3.8) is 0 Å². The van der Waals surface area contributed by atoms with Crippen LogP contribution in [0.1, 0.15) is 37.0 Å². The molecule has 202 valence electrons. The van der Waals surface area contributed by atoms with Crippen molar-refractivity contribution in [2.75, 3.05) is 17.4 Å². The average Bonchev–Trinajstić information content (AvgIpc) is 2.90. The van der Waals surface area contributed by atoms with Crippen LogP contribution in [0.3, 0.4) is 0 Å². The number of carbonyl (C=O) groups excluding carboxylic acids is 2. The molecule has 3 aromatic carbocycles. The molecule has 0 radical (unpaired) electrons. The van der Waals surface area contributed by atoms with E-state index in [2.05, 4.69) is 5.32 Å². The Kier molecular flexibility index (Phi) is 9.94. The third-order valence-corrected chi connectivity index (χ3v) is 8.44. The molecule has 0 aromatic heterocycles. The molecule has 38 heavy (non-hydrogen) atoms. The minimum absolute atomic E-state index is 0.0518. The summed E-state index contributed by atoms with van der Waals surface area (Å²) >= 11 is 6.35. The summed E-state index contributed by atoms with van der Waals surface area (Å²) in [5.74, 6) is -0.817. The molecule has 0 aliphatic carbocycles. The lowest BCUT2D eigenvalue weighted by Gasteiger charge is -2.32. The predicted molar refractivity (Wildman–Crippen MR) is 152 cm³/mol. The second kappa shape index (κ2) is 12.9. The van der Waals surface area contributed by atoms with Crippen LogP contribution in [-0.4, -0.2) is 44.3 Å². The fourth-order valence-corrected chi connectivity index (χ4v) is 5.44. The molecule has 7 nitrogen and oxygen atoms in total. The Hall–Kier alpha value is -3.36. The van der Waals surface area contributed by atoms with E-state index >= 15 is 0 Å². The van der Waals surface area contributed by atoms with Gasteiger partial charge in [0.25, 0.3) is 10.0 Å². The maximum Gasteiger partial charge on any atom is 0.264 e. The first-order chi connectivity index (χ1) is 18.0. The summed E-state index contributed by atoms with van der Waals surface area (Å²) in [6.45, 7) is 7.39. The van der Waals surface area contributed by atoms with Gasteiger partial charge < -0.3 is 10.2 Å². The van der Waals surface area contributed by atoms with Gasteiger partial charge in [-0.1, -0.05) is 72.6 Å². The van der Waals surface area contributed by atoms with Crippen molar-refractivity contribution in [1.82, 2.24) is 10.2 Å². The van der Waals surface area contributed by atoms with E-state index in [1.54, 1.807) is 31.2 Å². The molecule has 0 saturated heterocycles. The lowest BCUT2D eigenvalue weighted by molar-refractivity contribution is -0.139. The molecule has 3 aromatic rings. The smallest absolute Gasteiger partial charge is 0.264 e. The molecule has 9 heteroatoms. The molecule has 0 aliphatic rings. The highest BCUT2D eigenvalue weighted by Crippen LogP contribution is 2.28. The molecule has 0 unspecified atom stereocenters. The lowest BCUT2D eigenvalue weighted by Crippen LogP contribution is -2.51. The summed E-state index contributed by atoms with van der Waals surface area (Å²) < 4.78 is 28.7. The monoisotopic (exact) mass is 555 g/mol. The van der Waals surface area contributed by atoms with Crippen LogP contribution < -0.4 is 9.62 Å². The minimum Gasteiger partial charge on any atom is -0.354 e. The normalized spacial score (nSPS) is 12.0. The van der Waals surface area contributed by atoms with E-state index < -0.39 is 28.5 Å². The molecule has 0 aliphatic heterocycles. The van der Waals surface area contributed by atoms with Gasteiger partial charge in [0.15, 0.2) is 0 Å². The van der Waals surface area contributed by atoms with Crippen molar-refractivity contribution >= 4 is 39.1 Å². The second-order valence-electron chi connectivity index (χ2n) is 9.23. The van der Waals surface area contributed by atoms with E-state index in [1.807, 2.05) is 51.1 Å². The standard InChI is InChI=1S/C29H34ClN3O4S/c1-5-17-31-29(35)23(4)32(19-24-9-7-6-8-10-24)28(34)20-33(25-14-13-22(3)27(30)18-25)38(36,37)26-15-11-21(2)12-16-26/h6-16,18,23H,5,17,19-20H2,1-4H3,(H,31,35)/t23-/m0/s1. The Morgan fingerprint density at radius 2 is 1.63 bits per heavy atom. The van der Waals surface area contributed by atoms with Crippen molar-refractivity contribution in [1.29, 1.82) is 0 Å². The van der Waals surface area contributed by atoms with Crippen molar-refractivity contribution in [2.45, 2.75) is 51.6 Å². The van der Waals surface area contributed by atoms with Crippen molar-refractivity contribution in [3.05, 3.63) is 94.5 Å². The van der Waals surface area contributed by atoms with Gasteiger partial charge in [-0.2, -0.15) is 0 Å². The molecule has 0 saturated carbocycles. The number of aryl methyl sites for hydroxylation is 2. The molecule has 0 spiro atoms. The Morgan fingerprint density at radius 3 is 2.24 bits per heavy atom. The second-order valence-corrected chi connectivity index (χ2v) is 11.5. The molecule has 1 atom stereocenters. The molecule has 0 bridgehead atoms. The van der Waals surface area contributed by atoms with Gasteiger partial charge in [0.05, 0.1) is 10.6 Å². The number of rotatable bonds is 11. The third-order valence-electron chi connectivity index (χ3n) is 6.24. The number of nitrogens with zero attached hydrogens (tertiary/aromatic N) is 2. The topological polar surface area (TPSA) is 86.8 Å². The molecular formula is C29H34ClN3O4S. The number of hydrogen-bond donors (Lipinski definition) is 1. The Labute approximate surface area is 230 Å². The number of sulfonamides is 1. The van der Waals surface area contributed by atoms with Gasteiger partial charge in [0.1, 0.15) is 12.6 Å². The predicted octanol–water partition coefficient (Wildman–Crippen LogP) is 5.10. The van der Waals surface area contributed by atoms with E-state index in [1.165, 1.54) is 23.1 Å². The summed E-state index contributed by atoms with van der Waals surface area (Å²) in [7, 11) is -4.14. The maximum atomic E-state index is 13.8. The molecule has 0 fully saturated rings. The van der Waals surface area contributed by atoms with E-state index in [0.717, 1.165) is 27.4 Å². The Morgan fingerprint density at radius 1 is 0.974 bits per heavy atom. The molecule has 0 heterocycles. The van der Waals surface area contributed by atoms with Gasteiger partial charge >= 0.3 is 0 Å². The highest BCUT2D eigenvalue weighted by molar-refractivity contribution is 7.92. The molecule has 1 N–H and O–H groups in total. The number of nitrogens with one attached hydrogen (secondary N) is 1. The minimum atomic E-state index is -4.14. The van der Waals surface area contributed by atoms with Crippen LogP contribution in [-0.2, 0) is 26.2 Å². The van der Waals surface area contributed by atoms with Crippen LogP contribution in [0, 0.1) is 13.8 Å². The zero-order valence-corrected chi connectivity index (χ0v) is 23.7. The van der Waals surface area contributed by atoms with E-state index in [9.17, 15) is 18.0 Å². The van der Waals surface area contributed by atoms with E-state index in [0.29, 0.717) is 11.6 Å². The third kappa shape index (κ3) is 7.14. The van der Waals surface area contributed by atoms with Crippen LogP contribution >= 0.6 is 11.6 Å². The first-order valence-corrected chi connectivity index (χ1v) is 14.3. The number of hydrogen-bond acceptors (Lipinski definition) is 4. The molecular weight excluding hydrogens is 522 g/mol. The summed E-state index contributed by atoms with van der Waals surface area (Å²) in [6, 6.07) is 19.8. The number of amides is 2. The fraction of sp³-hybridized carbons (Fsp3) is 0.310. The Bertz CT molecular complexity index is 1360. The van der Waals surface area contributed by atoms with Gasteiger partial charge in [-0.3, -0.25) is 13.9 Å². The van der Waals surface area contributed by atoms with Crippen molar-refractivity contribution in [3.8, 4) is 0 Å². The number of carbonyl (C=O) groups is 2. The van der Waals surface area contributed by atoms with Gasteiger partial charge in [0, 0.05) is 18.1 Å². The highest BCUT2D eigenvalue weighted by Gasteiger charge is 2.32. The average molecular weight is 556 g/mol. The first-order valence-electron chi connectivity index (χ1n) is 12.5. The fourth-order valence-electron chi connectivity index (χ4n) is 3.86. The summed E-state index contributed by atoms with van der Waals surface area (Å²) in [6.07, 6.45) is 0.752. The molecule has 3 rings (SSSR count). The lowest BCUT2D eigenvalue weighted by atomic mass is 10.1. The largest absolute Gasteiger partial charge is 0.354 e. The number of benzene rings is 3. The Balaban J connectivity index is 2.03. The van der Waals surface area contributed by atoms with Crippen molar-refractivity contribution in [2.24, 2.45) is 0 Å². The summed E-state index contributed by atoms with van der Waals surface area (Å²) in [5.41, 5.74) is 2.77. The zero-order valence-electron chi connectivity index (χ0n) is 22.1. The van der Waals surface area contributed by atoms with Gasteiger partial charge in [-0.15, -0.1) is 0 Å². The van der Waals surface area contributed by atoms with Crippen LogP contribution in [0.15, 0.2) is 77.7 Å². The summed E-state index contributed by atoms with van der Waals surface area (Å²) in [4.78, 5) is 28.2. The SMILES string of the molecule is CCCNC(=O)[C@H](C)N(Cc1ccccc1)C(=O)CN(c1ccc(C)c(Cl)c1)S(=O)(=O)c1ccc(C)cc1. The zero-order chi connectivity index (χ0) is 27.9. The molecule has 2 amide bonds. The van der Waals surface area contributed by atoms with Crippen LogP contribution in [0.25, 0.3) is 0 Å². The van der Waals surface area contributed by atoms with E-state index in [4.69, 9.17) is 11.6 Å². The maximum absolute atomic E-state index is 13.8. The highest BCUT2D eigenvalue weighted by atomic mass is 35.5. The quantitative estimate of drug-likeness (QED) is 0.357. The van der Waals surface area contributed by atoms with Crippen LogP contribution in [0.4, 0.5) is 5.69 Å². The number of anilines is 1. The van der Waals surface area contributed by atoms with E-state index in [-0.39, 0.29) is 23.0 Å². The van der Waals surface area contributed by atoms with Crippen molar-refractivity contribution < 1.29 is 18.0 Å². The van der Waals surface area contributed by atoms with Crippen LogP contribution in [0.2, 0.25) is 5.02 Å². The first kappa shape index (κ1) is 29.2.